The second kappa shape index (κ2) is 7.39. The monoisotopic (exact) mass is 305 g/mol. The van der Waals surface area contributed by atoms with Crippen LogP contribution < -0.4 is 5.32 Å². The highest BCUT2D eigenvalue weighted by Gasteiger charge is 2.06. The summed E-state index contributed by atoms with van der Waals surface area (Å²) in [5.41, 5.74) is 0.815. The van der Waals surface area contributed by atoms with Gasteiger partial charge in [-0.15, -0.1) is 11.3 Å². The van der Waals surface area contributed by atoms with Crippen LogP contribution in [0.1, 0.15) is 16.9 Å². The number of aromatic nitrogens is 2. The number of nitrogens with zero attached hydrogens (tertiary/aromatic N) is 2. The van der Waals surface area contributed by atoms with Crippen LogP contribution in [0.3, 0.4) is 0 Å². The van der Waals surface area contributed by atoms with Crippen molar-refractivity contribution < 1.29 is 14.7 Å². The fourth-order valence-corrected chi connectivity index (χ4v) is 2.53. The van der Waals surface area contributed by atoms with E-state index < -0.39 is 5.97 Å². The van der Waals surface area contributed by atoms with Crippen molar-refractivity contribution in [2.24, 2.45) is 0 Å². The van der Waals surface area contributed by atoms with Crippen molar-refractivity contribution in [3.63, 3.8) is 0 Å². The summed E-state index contributed by atoms with van der Waals surface area (Å²) in [5.74, 6) is -1.05. The quantitative estimate of drug-likeness (QED) is 0.763. The van der Waals surface area contributed by atoms with Crippen molar-refractivity contribution in [1.82, 2.24) is 15.1 Å². The molecule has 2 heterocycles. The first-order chi connectivity index (χ1) is 10.1. The Morgan fingerprint density at radius 1 is 1.48 bits per heavy atom. The van der Waals surface area contributed by atoms with E-state index in [1.54, 1.807) is 17.1 Å². The van der Waals surface area contributed by atoms with E-state index in [4.69, 9.17) is 5.11 Å². The van der Waals surface area contributed by atoms with Crippen LogP contribution in [0.25, 0.3) is 6.08 Å². The van der Waals surface area contributed by atoms with Crippen LogP contribution in [0.4, 0.5) is 0 Å². The number of hydrogen-bond acceptors (Lipinski definition) is 4. The number of amides is 1. The average molecular weight is 305 g/mol. The highest BCUT2D eigenvalue weighted by atomic mass is 32.1. The number of carboxylic acids is 1. The SMILES string of the molecule is O=C(O)/C=C/c1ccsc1CNC(=O)CCn1cccn1. The third kappa shape index (κ3) is 4.88. The van der Waals surface area contributed by atoms with Crippen molar-refractivity contribution >= 4 is 29.3 Å². The molecule has 110 valence electrons. The van der Waals surface area contributed by atoms with Crippen molar-refractivity contribution in [3.05, 3.63) is 46.4 Å². The van der Waals surface area contributed by atoms with Crippen LogP contribution in [0.5, 0.6) is 0 Å². The lowest BCUT2D eigenvalue weighted by Crippen LogP contribution is -2.23. The maximum atomic E-state index is 11.8. The lowest BCUT2D eigenvalue weighted by Gasteiger charge is -2.05. The number of aryl methyl sites for hydroxylation is 1. The van der Waals surface area contributed by atoms with Gasteiger partial charge in [0.15, 0.2) is 0 Å². The molecule has 1 amide bonds. The van der Waals surface area contributed by atoms with Crippen molar-refractivity contribution in [2.75, 3.05) is 0 Å². The molecule has 2 N–H and O–H groups in total. The highest BCUT2D eigenvalue weighted by molar-refractivity contribution is 7.10. The minimum Gasteiger partial charge on any atom is -0.478 e. The van der Waals surface area contributed by atoms with Crippen LogP contribution in [0.2, 0.25) is 0 Å². The van der Waals surface area contributed by atoms with Crippen molar-refractivity contribution in [2.45, 2.75) is 19.5 Å². The summed E-state index contributed by atoms with van der Waals surface area (Å²) < 4.78 is 1.70. The average Bonchev–Trinajstić information content (AvgIpc) is 3.11. The van der Waals surface area contributed by atoms with Gasteiger partial charge in [0, 0.05) is 36.3 Å². The topological polar surface area (TPSA) is 84.2 Å². The van der Waals surface area contributed by atoms with E-state index in [9.17, 15) is 9.59 Å². The first kappa shape index (κ1) is 15.0. The molecule has 0 aliphatic heterocycles. The van der Waals surface area contributed by atoms with Crippen LogP contribution in [0, 0.1) is 0 Å². The fourth-order valence-electron chi connectivity index (χ4n) is 1.72. The molecule has 0 bridgehead atoms. The highest BCUT2D eigenvalue weighted by Crippen LogP contribution is 2.18. The number of nitrogens with one attached hydrogen (secondary N) is 1. The molecule has 2 aromatic rings. The zero-order valence-corrected chi connectivity index (χ0v) is 12.0. The van der Waals surface area contributed by atoms with E-state index in [1.807, 2.05) is 17.5 Å². The number of carbonyl (C=O) groups is 2. The van der Waals surface area contributed by atoms with E-state index >= 15 is 0 Å². The molecule has 6 nitrogen and oxygen atoms in total. The molecular formula is C14H15N3O3S. The van der Waals surface area contributed by atoms with Gasteiger partial charge in [-0.3, -0.25) is 9.48 Å². The standard InChI is InChI=1S/C14H15N3O3S/c18-13(4-8-17-7-1-6-16-17)15-10-12-11(5-9-21-12)2-3-14(19)20/h1-3,5-7,9H,4,8,10H2,(H,15,18)(H,19,20)/b3-2+. The Hall–Kier alpha value is -2.41. The first-order valence-corrected chi connectivity index (χ1v) is 7.24. The Morgan fingerprint density at radius 2 is 2.33 bits per heavy atom. The van der Waals surface area contributed by atoms with E-state index in [0.29, 0.717) is 19.5 Å². The molecule has 0 unspecified atom stereocenters. The maximum Gasteiger partial charge on any atom is 0.328 e. The molecule has 0 atom stereocenters. The van der Waals surface area contributed by atoms with Gasteiger partial charge in [-0.25, -0.2) is 4.79 Å². The van der Waals surface area contributed by atoms with Crippen LogP contribution in [-0.2, 0) is 22.7 Å². The molecule has 21 heavy (non-hydrogen) atoms. The summed E-state index contributed by atoms with van der Waals surface area (Å²) in [5, 5.41) is 17.3. The molecule has 7 heteroatoms. The van der Waals surface area contributed by atoms with Gasteiger partial charge in [-0.1, -0.05) is 0 Å². The number of rotatable bonds is 7. The Morgan fingerprint density at radius 3 is 3.05 bits per heavy atom. The van der Waals surface area contributed by atoms with E-state index in [-0.39, 0.29) is 5.91 Å². The smallest absolute Gasteiger partial charge is 0.328 e. The number of carbonyl (C=O) groups excluding carboxylic acids is 1. The molecule has 0 saturated heterocycles. The van der Waals surface area contributed by atoms with Crippen LogP contribution >= 0.6 is 11.3 Å². The second-order valence-electron chi connectivity index (χ2n) is 4.27. The molecule has 2 aromatic heterocycles. The molecular weight excluding hydrogens is 290 g/mol. The lowest BCUT2D eigenvalue weighted by atomic mass is 10.2. The van der Waals surface area contributed by atoms with Gasteiger partial charge in [0.05, 0.1) is 6.54 Å². The predicted octanol–water partition coefficient (Wildman–Crippen LogP) is 1.75. The summed E-state index contributed by atoms with van der Waals surface area (Å²) in [7, 11) is 0. The second-order valence-corrected chi connectivity index (χ2v) is 5.27. The largest absolute Gasteiger partial charge is 0.478 e. The first-order valence-electron chi connectivity index (χ1n) is 6.36. The fraction of sp³-hybridized carbons (Fsp3) is 0.214. The van der Waals surface area contributed by atoms with Gasteiger partial charge in [0.2, 0.25) is 5.91 Å². The summed E-state index contributed by atoms with van der Waals surface area (Å²) >= 11 is 1.48. The van der Waals surface area contributed by atoms with Crippen LogP contribution in [-0.4, -0.2) is 26.8 Å². The minimum atomic E-state index is -0.990. The minimum absolute atomic E-state index is 0.0629. The molecule has 0 spiro atoms. The number of aliphatic carboxylic acids is 1. The summed E-state index contributed by atoms with van der Waals surface area (Å²) in [6.45, 7) is 0.934. The molecule has 2 rings (SSSR count). The third-order valence-corrected chi connectivity index (χ3v) is 3.70. The van der Waals surface area contributed by atoms with Gasteiger partial charge in [-0.05, 0) is 29.2 Å². The predicted molar refractivity (Wildman–Crippen MR) is 79.7 cm³/mol. The van der Waals surface area contributed by atoms with Gasteiger partial charge in [-0.2, -0.15) is 5.10 Å². The van der Waals surface area contributed by atoms with Gasteiger partial charge >= 0.3 is 5.97 Å². The Balaban J connectivity index is 1.81. The molecule has 0 fully saturated rings. The summed E-state index contributed by atoms with van der Waals surface area (Å²) in [4.78, 5) is 23.2. The van der Waals surface area contributed by atoms with Crippen molar-refractivity contribution in [3.8, 4) is 0 Å². The Labute approximate surface area is 125 Å². The van der Waals surface area contributed by atoms with Gasteiger partial charge < -0.3 is 10.4 Å². The number of hydrogen-bond donors (Lipinski definition) is 2. The van der Waals surface area contributed by atoms with Crippen LogP contribution in [0.15, 0.2) is 36.0 Å². The van der Waals surface area contributed by atoms with Crippen molar-refractivity contribution in [1.29, 1.82) is 0 Å². The molecule has 0 aliphatic carbocycles. The summed E-state index contributed by atoms with van der Waals surface area (Å²) in [6.07, 6.45) is 6.45. The van der Waals surface area contributed by atoms with E-state index in [1.165, 1.54) is 17.4 Å². The zero-order chi connectivity index (χ0) is 15.1. The Bertz CT molecular complexity index is 632. The Kier molecular flexibility index (Phi) is 5.28. The normalized spacial score (nSPS) is 10.9. The van der Waals surface area contributed by atoms with E-state index in [2.05, 4.69) is 10.4 Å². The summed E-state index contributed by atoms with van der Waals surface area (Å²) in [6, 6.07) is 3.64. The molecule has 0 radical (unpaired) electrons. The molecule has 0 aliphatic rings. The molecule has 0 aromatic carbocycles. The zero-order valence-electron chi connectivity index (χ0n) is 11.2. The van der Waals surface area contributed by atoms with Gasteiger partial charge in [0.1, 0.15) is 0 Å². The van der Waals surface area contributed by atoms with E-state index in [0.717, 1.165) is 16.5 Å². The maximum absolute atomic E-state index is 11.8. The number of carboxylic acid groups (broad SMARTS) is 1. The lowest BCUT2D eigenvalue weighted by molar-refractivity contribution is -0.131. The number of thiophene rings is 1. The van der Waals surface area contributed by atoms with Gasteiger partial charge in [0.25, 0.3) is 0 Å². The third-order valence-electron chi connectivity index (χ3n) is 2.76. The molecule has 0 saturated carbocycles.